The molecule has 3 rings (SSSR count). The molecule has 0 aliphatic rings. The van der Waals surface area contributed by atoms with Crippen molar-refractivity contribution in [2.24, 2.45) is 0 Å². The minimum atomic E-state index is -0.101. The number of imidazole rings is 1. The van der Waals surface area contributed by atoms with E-state index in [-0.39, 0.29) is 5.91 Å². The third-order valence-corrected chi connectivity index (χ3v) is 3.77. The first kappa shape index (κ1) is 12.8. The molecule has 0 atom stereocenters. The van der Waals surface area contributed by atoms with Crippen LogP contribution in [-0.2, 0) is 0 Å². The molecular weight excluding hydrogens is 272 g/mol. The van der Waals surface area contributed by atoms with E-state index < -0.39 is 0 Å². The second kappa shape index (κ2) is 5.05. The number of carbonyl (C=O) groups excluding carboxylic acids is 1. The molecule has 5 nitrogen and oxygen atoms in total. The number of rotatable bonds is 3. The molecule has 1 aromatic carbocycles. The maximum absolute atomic E-state index is 12.6. The molecule has 1 amide bonds. The Balaban J connectivity index is 1.96. The predicted molar refractivity (Wildman–Crippen MR) is 79.4 cm³/mol. The average molecular weight is 286 g/mol. The van der Waals surface area contributed by atoms with Gasteiger partial charge in [0.25, 0.3) is 5.91 Å². The minimum absolute atomic E-state index is 0.101. The van der Waals surface area contributed by atoms with Gasteiger partial charge in [-0.15, -0.1) is 0 Å². The third-order valence-electron chi connectivity index (χ3n) is 3.08. The summed E-state index contributed by atoms with van der Waals surface area (Å²) in [4.78, 5) is 19.4. The van der Waals surface area contributed by atoms with Crippen LogP contribution in [0.15, 0.2) is 36.0 Å². The molecule has 0 saturated carbocycles. The summed E-state index contributed by atoms with van der Waals surface area (Å²) in [7, 11) is 0. The summed E-state index contributed by atoms with van der Waals surface area (Å²) in [5.74, 6) is -0.101. The Morgan fingerprint density at radius 3 is 3.00 bits per heavy atom. The van der Waals surface area contributed by atoms with Gasteiger partial charge in [0.05, 0.1) is 6.20 Å². The molecule has 102 valence electrons. The molecular formula is C14H14N4OS. The second-order valence-corrected chi connectivity index (χ2v) is 5.29. The molecule has 20 heavy (non-hydrogen) atoms. The van der Waals surface area contributed by atoms with E-state index >= 15 is 0 Å². The van der Waals surface area contributed by atoms with Gasteiger partial charge in [0.1, 0.15) is 11.2 Å². The molecule has 0 aliphatic carbocycles. The van der Waals surface area contributed by atoms with Crippen molar-refractivity contribution in [2.75, 3.05) is 11.4 Å². The van der Waals surface area contributed by atoms with Gasteiger partial charge in [-0.1, -0.05) is 23.5 Å². The highest BCUT2D eigenvalue weighted by molar-refractivity contribution is 7.14. The van der Waals surface area contributed by atoms with Gasteiger partial charge in [-0.05, 0) is 31.5 Å². The van der Waals surface area contributed by atoms with Gasteiger partial charge in [0, 0.05) is 12.2 Å². The standard InChI is InChI=1S/C14H14N4OS/c1-3-17(11-6-4-5-10(2)7-11)13(19)12-8-18-14(16-12)20-9-15-18/h4-9H,3H2,1-2H3. The first-order valence-electron chi connectivity index (χ1n) is 6.36. The highest BCUT2D eigenvalue weighted by atomic mass is 32.1. The van der Waals surface area contributed by atoms with Crippen LogP contribution in [0.4, 0.5) is 5.69 Å². The summed E-state index contributed by atoms with van der Waals surface area (Å²) in [5.41, 5.74) is 4.14. The van der Waals surface area contributed by atoms with E-state index in [1.165, 1.54) is 11.3 Å². The predicted octanol–water partition coefficient (Wildman–Crippen LogP) is 2.77. The lowest BCUT2D eigenvalue weighted by Gasteiger charge is -2.20. The number of nitrogens with zero attached hydrogens (tertiary/aromatic N) is 4. The Morgan fingerprint density at radius 1 is 1.45 bits per heavy atom. The van der Waals surface area contributed by atoms with E-state index in [0.29, 0.717) is 12.2 Å². The van der Waals surface area contributed by atoms with Crippen LogP contribution in [0.3, 0.4) is 0 Å². The molecule has 0 bridgehead atoms. The van der Waals surface area contributed by atoms with Crippen molar-refractivity contribution in [3.63, 3.8) is 0 Å². The fourth-order valence-corrected chi connectivity index (χ4v) is 2.72. The number of hydrogen-bond donors (Lipinski definition) is 0. The summed E-state index contributed by atoms with van der Waals surface area (Å²) in [5, 5.41) is 4.10. The first-order valence-corrected chi connectivity index (χ1v) is 7.24. The van der Waals surface area contributed by atoms with Gasteiger partial charge >= 0.3 is 0 Å². The number of hydrogen-bond acceptors (Lipinski definition) is 4. The molecule has 6 heteroatoms. The van der Waals surface area contributed by atoms with Gasteiger partial charge in [0.2, 0.25) is 4.96 Å². The molecule has 0 fully saturated rings. The lowest BCUT2D eigenvalue weighted by atomic mass is 10.2. The normalized spacial score (nSPS) is 10.9. The van der Waals surface area contributed by atoms with E-state index in [1.807, 2.05) is 38.1 Å². The zero-order valence-electron chi connectivity index (χ0n) is 11.3. The Hall–Kier alpha value is -2.21. The molecule has 0 radical (unpaired) electrons. The molecule has 2 heterocycles. The van der Waals surface area contributed by atoms with Crippen molar-refractivity contribution in [2.45, 2.75) is 13.8 Å². The van der Waals surface area contributed by atoms with E-state index in [4.69, 9.17) is 0 Å². The van der Waals surface area contributed by atoms with Crippen LogP contribution in [0.2, 0.25) is 0 Å². The van der Waals surface area contributed by atoms with Crippen LogP contribution in [0, 0.1) is 6.92 Å². The highest BCUT2D eigenvalue weighted by Gasteiger charge is 2.19. The first-order chi connectivity index (χ1) is 9.69. The number of amides is 1. The second-order valence-electron chi connectivity index (χ2n) is 4.48. The Morgan fingerprint density at radius 2 is 2.30 bits per heavy atom. The topological polar surface area (TPSA) is 50.5 Å². The summed E-state index contributed by atoms with van der Waals surface area (Å²) in [6.07, 6.45) is 1.67. The summed E-state index contributed by atoms with van der Waals surface area (Å²) >= 11 is 1.41. The van der Waals surface area contributed by atoms with Gasteiger partial charge in [0.15, 0.2) is 0 Å². The molecule has 0 spiro atoms. The molecule has 0 aliphatic heterocycles. The Kier molecular flexibility index (Phi) is 3.23. The molecule has 2 aromatic heterocycles. The van der Waals surface area contributed by atoms with Gasteiger partial charge < -0.3 is 4.90 Å². The third kappa shape index (κ3) is 2.18. The van der Waals surface area contributed by atoms with Crippen LogP contribution in [-0.4, -0.2) is 27.0 Å². The Bertz CT molecular complexity index is 733. The van der Waals surface area contributed by atoms with Crippen LogP contribution in [0.25, 0.3) is 4.96 Å². The van der Waals surface area contributed by atoms with Crippen molar-refractivity contribution in [3.8, 4) is 0 Å². The lowest BCUT2D eigenvalue weighted by Crippen LogP contribution is -2.30. The fraction of sp³-hybridized carbons (Fsp3) is 0.214. The van der Waals surface area contributed by atoms with E-state index in [0.717, 1.165) is 16.2 Å². The fourth-order valence-electron chi connectivity index (χ4n) is 2.12. The number of fused-ring (bicyclic) bond motifs is 1. The van der Waals surface area contributed by atoms with E-state index in [2.05, 4.69) is 10.1 Å². The van der Waals surface area contributed by atoms with Crippen LogP contribution in [0.5, 0.6) is 0 Å². The quantitative estimate of drug-likeness (QED) is 0.744. The Labute approximate surface area is 120 Å². The van der Waals surface area contributed by atoms with Crippen molar-refractivity contribution < 1.29 is 4.79 Å². The van der Waals surface area contributed by atoms with E-state index in [1.54, 1.807) is 21.1 Å². The maximum Gasteiger partial charge on any atom is 0.278 e. The SMILES string of the molecule is CCN(C(=O)c1cn2ncsc2n1)c1cccc(C)c1. The smallest absolute Gasteiger partial charge is 0.278 e. The zero-order valence-corrected chi connectivity index (χ0v) is 12.1. The number of aromatic nitrogens is 3. The zero-order chi connectivity index (χ0) is 14.1. The molecule has 0 unspecified atom stereocenters. The van der Waals surface area contributed by atoms with Crippen molar-refractivity contribution in [3.05, 3.63) is 47.2 Å². The minimum Gasteiger partial charge on any atom is -0.307 e. The van der Waals surface area contributed by atoms with Crippen LogP contribution in [0.1, 0.15) is 23.0 Å². The number of aryl methyl sites for hydroxylation is 1. The summed E-state index contributed by atoms with van der Waals surface area (Å²) < 4.78 is 1.63. The average Bonchev–Trinajstić information content (AvgIpc) is 3.00. The highest BCUT2D eigenvalue weighted by Crippen LogP contribution is 2.19. The summed E-state index contributed by atoms with van der Waals surface area (Å²) in [6.45, 7) is 4.57. The lowest BCUT2D eigenvalue weighted by molar-refractivity contribution is 0.0984. The van der Waals surface area contributed by atoms with Crippen LogP contribution < -0.4 is 4.90 Å². The van der Waals surface area contributed by atoms with Gasteiger partial charge in [-0.3, -0.25) is 4.79 Å². The molecule has 3 aromatic rings. The van der Waals surface area contributed by atoms with Gasteiger partial charge in [-0.2, -0.15) is 5.10 Å². The molecule has 0 N–H and O–H groups in total. The summed E-state index contributed by atoms with van der Waals surface area (Å²) in [6, 6.07) is 7.90. The van der Waals surface area contributed by atoms with Gasteiger partial charge in [-0.25, -0.2) is 9.50 Å². The monoisotopic (exact) mass is 286 g/mol. The van der Waals surface area contributed by atoms with Crippen molar-refractivity contribution in [1.29, 1.82) is 0 Å². The van der Waals surface area contributed by atoms with Crippen molar-refractivity contribution in [1.82, 2.24) is 14.6 Å². The largest absolute Gasteiger partial charge is 0.307 e. The number of anilines is 1. The number of benzene rings is 1. The molecule has 0 saturated heterocycles. The van der Waals surface area contributed by atoms with Crippen LogP contribution >= 0.6 is 11.3 Å². The van der Waals surface area contributed by atoms with E-state index in [9.17, 15) is 4.79 Å². The maximum atomic E-state index is 12.6. The number of carbonyl (C=O) groups is 1. The van der Waals surface area contributed by atoms with Crippen molar-refractivity contribution >= 4 is 27.9 Å².